The second-order valence-corrected chi connectivity index (χ2v) is 13.2. The molecule has 0 atom stereocenters. The van der Waals surface area contributed by atoms with Gasteiger partial charge in [-0.1, -0.05) is 60.7 Å². The predicted molar refractivity (Wildman–Crippen MR) is 212 cm³/mol. The van der Waals surface area contributed by atoms with Gasteiger partial charge in [-0.05, 0) is 83.9 Å². The Morgan fingerprint density at radius 1 is 0.365 bits per heavy atom. The summed E-state index contributed by atoms with van der Waals surface area (Å²) in [6.45, 7) is 0. The Hall–Kier alpha value is -7.18. The van der Waals surface area contributed by atoms with Crippen molar-refractivity contribution in [2.45, 2.75) is 0 Å². The monoisotopic (exact) mass is 664 g/mol. The molecule has 0 aliphatic heterocycles. The molecule has 11 aromatic rings. The molecule has 5 aromatic carbocycles. The van der Waals surface area contributed by atoms with Gasteiger partial charge < -0.3 is 9.13 Å². The number of fused-ring (bicyclic) bond motifs is 9. The minimum atomic E-state index is 0.957. The molecule has 0 radical (unpaired) electrons. The van der Waals surface area contributed by atoms with Crippen molar-refractivity contribution in [3.63, 3.8) is 0 Å². The van der Waals surface area contributed by atoms with E-state index in [-0.39, 0.29) is 0 Å². The second-order valence-electron chi connectivity index (χ2n) is 13.2. The molecule has 0 bridgehead atoms. The maximum absolute atomic E-state index is 4.67. The maximum Gasteiger partial charge on any atom is 0.0811 e. The van der Waals surface area contributed by atoms with E-state index in [0.717, 1.165) is 55.4 Å². The van der Waals surface area contributed by atoms with E-state index in [0.29, 0.717) is 0 Å². The van der Waals surface area contributed by atoms with Crippen molar-refractivity contribution < 1.29 is 0 Å². The van der Waals surface area contributed by atoms with Gasteiger partial charge in [0.15, 0.2) is 0 Å². The largest absolute Gasteiger partial charge is 0.309 e. The summed E-state index contributed by atoms with van der Waals surface area (Å²) < 4.78 is 4.78. The number of rotatable bonds is 4. The predicted octanol–water partition coefficient (Wildman–Crippen LogP) is 11.1. The number of pyridine rings is 4. The summed E-state index contributed by atoms with van der Waals surface area (Å²) in [5.41, 5.74) is 13.0. The number of nitrogens with zero attached hydrogens (tertiary/aromatic N) is 6. The van der Waals surface area contributed by atoms with Crippen LogP contribution in [0.2, 0.25) is 0 Å². The standard InChI is InChI=1S/C46H28N6/c1-3-11-39-35(9-1)43-41(51(39)33-17-13-29(14-18-33)37-27-47-25-31-7-5-23-49-45(31)37)21-22-42-44(43)36-10-2-4-12-40(36)52(42)34-19-15-30(16-20-34)38-28-48-26-32-8-6-24-50-46(32)38/h1-28H. The van der Waals surface area contributed by atoms with Crippen LogP contribution in [0.25, 0.3) is 99.0 Å². The molecule has 0 saturated carbocycles. The first-order chi connectivity index (χ1) is 25.8. The van der Waals surface area contributed by atoms with E-state index in [1.54, 1.807) is 0 Å². The molecule has 52 heavy (non-hydrogen) atoms. The molecule has 0 N–H and O–H groups in total. The molecule has 0 aliphatic carbocycles. The third-order valence-electron chi connectivity index (χ3n) is 10.4. The van der Waals surface area contributed by atoms with Crippen LogP contribution in [0.15, 0.2) is 171 Å². The average molecular weight is 665 g/mol. The van der Waals surface area contributed by atoms with Crippen LogP contribution in [0.1, 0.15) is 0 Å². The molecule has 0 aliphatic rings. The number of benzene rings is 5. The highest BCUT2D eigenvalue weighted by molar-refractivity contribution is 6.28. The fourth-order valence-corrected chi connectivity index (χ4v) is 8.08. The highest BCUT2D eigenvalue weighted by Crippen LogP contribution is 2.42. The van der Waals surface area contributed by atoms with Gasteiger partial charge in [0.25, 0.3) is 0 Å². The molecule has 11 rings (SSSR count). The molecule has 0 unspecified atom stereocenters. The third-order valence-corrected chi connectivity index (χ3v) is 10.4. The minimum absolute atomic E-state index is 0.957. The van der Waals surface area contributed by atoms with Gasteiger partial charge in [-0.25, -0.2) is 0 Å². The van der Waals surface area contributed by atoms with Crippen LogP contribution in [-0.2, 0) is 0 Å². The lowest BCUT2D eigenvalue weighted by atomic mass is 10.0. The molecule has 6 heterocycles. The Bertz CT molecular complexity index is 2950. The van der Waals surface area contributed by atoms with Crippen LogP contribution in [0.3, 0.4) is 0 Å². The first-order valence-corrected chi connectivity index (χ1v) is 17.4. The smallest absolute Gasteiger partial charge is 0.0811 e. The van der Waals surface area contributed by atoms with E-state index < -0.39 is 0 Å². The van der Waals surface area contributed by atoms with Crippen molar-refractivity contribution in [1.29, 1.82) is 0 Å². The molecule has 0 spiro atoms. The van der Waals surface area contributed by atoms with Crippen molar-refractivity contribution in [1.82, 2.24) is 29.1 Å². The molecule has 6 heteroatoms. The van der Waals surface area contributed by atoms with Crippen LogP contribution in [0.4, 0.5) is 0 Å². The molecule has 6 nitrogen and oxygen atoms in total. The van der Waals surface area contributed by atoms with Gasteiger partial charge in [0.05, 0.1) is 33.1 Å². The SMILES string of the molecule is c1cnc2c(-c3ccc(-n4c5ccccc5c5c6c7ccccc7n(-c7ccc(-c8cncc9cccnc89)cc7)c6ccc54)cc3)cncc2c1. The first kappa shape index (κ1) is 28.6. The van der Waals surface area contributed by atoms with Crippen LogP contribution in [0, 0.1) is 0 Å². The number of para-hydroxylation sites is 2. The van der Waals surface area contributed by atoms with E-state index in [1.165, 1.54) is 43.6 Å². The summed E-state index contributed by atoms with van der Waals surface area (Å²) in [6, 6.07) is 47.6. The zero-order chi connectivity index (χ0) is 34.2. The number of aromatic nitrogens is 6. The van der Waals surface area contributed by atoms with E-state index in [9.17, 15) is 0 Å². The summed E-state index contributed by atoms with van der Waals surface area (Å²) in [4.78, 5) is 18.3. The van der Waals surface area contributed by atoms with Crippen molar-refractivity contribution in [3.8, 4) is 33.6 Å². The summed E-state index contributed by atoms with van der Waals surface area (Å²) >= 11 is 0. The highest BCUT2D eigenvalue weighted by Gasteiger charge is 2.20. The minimum Gasteiger partial charge on any atom is -0.309 e. The Morgan fingerprint density at radius 3 is 1.27 bits per heavy atom. The van der Waals surface area contributed by atoms with E-state index in [4.69, 9.17) is 0 Å². The molecular formula is C46H28N6. The lowest BCUT2D eigenvalue weighted by Crippen LogP contribution is -1.95. The number of hydrogen-bond acceptors (Lipinski definition) is 4. The second kappa shape index (κ2) is 11.2. The molecular weight excluding hydrogens is 637 g/mol. The van der Waals surface area contributed by atoms with E-state index in [2.05, 4.69) is 150 Å². The highest BCUT2D eigenvalue weighted by atomic mass is 15.0. The first-order valence-electron chi connectivity index (χ1n) is 17.4. The van der Waals surface area contributed by atoms with Gasteiger partial charge in [-0.3, -0.25) is 19.9 Å². The number of hydrogen-bond donors (Lipinski definition) is 0. The fourth-order valence-electron chi connectivity index (χ4n) is 8.08. The van der Waals surface area contributed by atoms with Gasteiger partial charge in [-0.15, -0.1) is 0 Å². The van der Waals surface area contributed by atoms with Crippen LogP contribution in [-0.4, -0.2) is 29.1 Å². The van der Waals surface area contributed by atoms with Crippen molar-refractivity contribution in [3.05, 3.63) is 171 Å². The normalized spacial score (nSPS) is 11.8. The van der Waals surface area contributed by atoms with Gasteiger partial charge in [0.1, 0.15) is 0 Å². The van der Waals surface area contributed by atoms with E-state index in [1.807, 2.05) is 49.3 Å². The maximum atomic E-state index is 4.67. The van der Waals surface area contributed by atoms with Gasteiger partial charge in [0.2, 0.25) is 0 Å². The van der Waals surface area contributed by atoms with Crippen LogP contribution < -0.4 is 0 Å². The van der Waals surface area contributed by atoms with Gasteiger partial charge in [-0.2, -0.15) is 0 Å². The lowest BCUT2D eigenvalue weighted by Gasteiger charge is -2.11. The van der Waals surface area contributed by atoms with Gasteiger partial charge >= 0.3 is 0 Å². The molecule has 242 valence electrons. The Labute approximate surface area is 297 Å². The third kappa shape index (κ3) is 4.18. The van der Waals surface area contributed by atoms with Crippen molar-refractivity contribution in [2.24, 2.45) is 0 Å². The Morgan fingerprint density at radius 2 is 0.808 bits per heavy atom. The topological polar surface area (TPSA) is 61.4 Å². The van der Waals surface area contributed by atoms with Crippen molar-refractivity contribution in [2.75, 3.05) is 0 Å². The van der Waals surface area contributed by atoms with Crippen LogP contribution >= 0.6 is 0 Å². The fraction of sp³-hybridized carbons (Fsp3) is 0. The zero-order valence-electron chi connectivity index (χ0n) is 27.8. The summed E-state index contributed by atoms with van der Waals surface area (Å²) in [5.74, 6) is 0. The van der Waals surface area contributed by atoms with Gasteiger partial charge in [0, 0.05) is 92.0 Å². The average Bonchev–Trinajstić information content (AvgIpc) is 3.73. The van der Waals surface area contributed by atoms with E-state index >= 15 is 0 Å². The van der Waals surface area contributed by atoms with Crippen LogP contribution in [0.5, 0.6) is 0 Å². The lowest BCUT2D eigenvalue weighted by molar-refractivity contribution is 1.17. The summed E-state index contributed by atoms with van der Waals surface area (Å²) in [7, 11) is 0. The quantitative estimate of drug-likeness (QED) is 0.188. The molecule has 0 saturated heterocycles. The molecule has 0 fully saturated rings. The van der Waals surface area contributed by atoms with Crippen molar-refractivity contribution >= 4 is 65.4 Å². The molecule has 6 aromatic heterocycles. The molecule has 0 amide bonds. The summed E-state index contributed by atoms with van der Waals surface area (Å²) in [6.07, 6.45) is 11.2. The zero-order valence-corrected chi connectivity index (χ0v) is 27.8. The Kier molecular flexibility index (Phi) is 6.15. The Balaban J connectivity index is 1.10. The summed E-state index contributed by atoms with van der Waals surface area (Å²) in [5, 5.41) is 7.01.